The number of hydrogen-bond donors (Lipinski definition) is 4. The van der Waals surface area contributed by atoms with Crippen LogP contribution in [0.3, 0.4) is 0 Å². The average Bonchev–Trinajstić information content (AvgIpc) is 2.21. The molecule has 82 valence electrons. The second-order valence-corrected chi connectivity index (χ2v) is 3.26. The van der Waals surface area contributed by atoms with E-state index >= 15 is 0 Å². The summed E-state index contributed by atoms with van der Waals surface area (Å²) < 4.78 is 0. The molecule has 1 aromatic rings. The molecule has 0 aliphatic heterocycles. The van der Waals surface area contributed by atoms with Gasteiger partial charge in [-0.3, -0.25) is 4.79 Å². The second-order valence-electron chi connectivity index (χ2n) is 3.26. The molecule has 0 aliphatic carbocycles. The van der Waals surface area contributed by atoms with Crippen LogP contribution in [0.2, 0.25) is 0 Å². The Hall–Kier alpha value is -1.75. The van der Waals surface area contributed by atoms with Crippen LogP contribution >= 0.6 is 0 Å². The molecule has 0 fully saturated rings. The molecule has 1 aromatic carbocycles. The van der Waals surface area contributed by atoms with E-state index in [0.29, 0.717) is 0 Å². The van der Waals surface area contributed by atoms with Gasteiger partial charge >= 0.3 is 0 Å². The van der Waals surface area contributed by atoms with Crippen LogP contribution in [-0.4, -0.2) is 33.9 Å². The van der Waals surface area contributed by atoms with Gasteiger partial charge < -0.3 is 20.6 Å². The Morgan fingerprint density at radius 3 is 2.73 bits per heavy atom. The summed E-state index contributed by atoms with van der Waals surface area (Å²) >= 11 is 0. The van der Waals surface area contributed by atoms with E-state index in [0.717, 1.165) is 6.07 Å². The van der Waals surface area contributed by atoms with Crippen molar-refractivity contribution in [1.29, 1.82) is 0 Å². The van der Waals surface area contributed by atoms with Gasteiger partial charge in [0.2, 0.25) is 0 Å². The maximum atomic E-state index is 11.5. The highest BCUT2D eigenvalue weighted by atomic mass is 16.3. The highest BCUT2D eigenvalue weighted by Gasteiger charge is 2.13. The first-order valence-electron chi connectivity index (χ1n) is 4.48. The van der Waals surface area contributed by atoms with Gasteiger partial charge in [0.05, 0.1) is 12.2 Å². The number of carbonyl (C=O) groups excluding carboxylic acids is 1. The van der Waals surface area contributed by atoms with Gasteiger partial charge in [-0.05, 0) is 25.1 Å². The van der Waals surface area contributed by atoms with Crippen LogP contribution in [0.1, 0.15) is 17.3 Å². The molecule has 0 heterocycles. The number of phenolic OH excluding ortho intramolecular Hbond substituents is 2. The lowest BCUT2D eigenvalue weighted by Crippen LogP contribution is -2.34. The molecule has 5 heteroatoms. The maximum Gasteiger partial charge on any atom is 0.255 e. The van der Waals surface area contributed by atoms with Crippen molar-refractivity contribution in [3.63, 3.8) is 0 Å². The Labute approximate surface area is 87.0 Å². The summed E-state index contributed by atoms with van der Waals surface area (Å²) in [5, 5.41) is 29.7. The molecule has 0 saturated heterocycles. The summed E-state index contributed by atoms with van der Waals surface area (Å²) in [6.45, 7) is 1.43. The van der Waals surface area contributed by atoms with E-state index in [1.165, 1.54) is 12.1 Å². The van der Waals surface area contributed by atoms with Gasteiger partial charge in [0.1, 0.15) is 11.5 Å². The Bertz CT molecular complexity index is 364. The van der Waals surface area contributed by atoms with E-state index in [1.807, 2.05) is 0 Å². The first-order valence-corrected chi connectivity index (χ1v) is 4.48. The third-order valence-corrected chi connectivity index (χ3v) is 1.88. The third kappa shape index (κ3) is 2.85. The molecule has 1 rings (SSSR count). The zero-order valence-corrected chi connectivity index (χ0v) is 8.27. The van der Waals surface area contributed by atoms with E-state index in [4.69, 9.17) is 10.2 Å². The molecule has 0 bridgehead atoms. The normalized spacial score (nSPS) is 12.1. The standard InChI is InChI=1S/C10H13NO4/c1-6(5-12)11-10(15)8-4-7(13)2-3-9(8)14/h2-4,6,12-14H,5H2,1H3,(H,11,15)/t6-/m0/s1. The van der Waals surface area contributed by atoms with Gasteiger partial charge in [-0.25, -0.2) is 0 Å². The van der Waals surface area contributed by atoms with Crippen LogP contribution in [0.25, 0.3) is 0 Å². The number of aliphatic hydroxyl groups is 1. The van der Waals surface area contributed by atoms with Crippen molar-refractivity contribution < 1.29 is 20.1 Å². The highest BCUT2D eigenvalue weighted by molar-refractivity contribution is 5.97. The molecule has 1 amide bonds. The third-order valence-electron chi connectivity index (χ3n) is 1.88. The first kappa shape index (κ1) is 11.3. The van der Waals surface area contributed by atoms with E-state index in [1.54, 1.807) is 6.92 Å². The van der Waals surface area contributed by atoms with Crippen molar-refractivity contribution in [3.05, 3.63) is 23.8 Å². The van der Waals surface area contributed by atoms with E-state index in [9.17, 15) is 9.90 Å². The molecule has 15 heavy (non-hydrogen) atoms. The number of nitrogens with one attached hydrogen (secondary N) is 1. The van der Waals surface area contributed by atoms with Gasteiger partial charge in [-0.15, -0.1) is 0 Å². The lowest BCUT2D eigenvalue weighted by atomic mass is 10.1. The van der Waals surface area contributed by atoms with Gasteiger partial charge in [0.15, 0.2) is 0 Å². The zero-order valence-electron chi connectivity index (χ0n) is 8.27. The first-order chi connectivity index (χ1) is 7.04. The molecule has 0 saturated carbocycles. The van der Waals surface area contributed by atoms with Crippen molar-refractivity contribution in [1.82, 2.24) is 5.32 Å². The van der Waals surface area contributed by atoms with Crippen molar-refractivity contribution in [3.8, 4) is 11.5 Å². The van der Waals surface area contributed by atoms with Crippen LogP contribution in [0.5, 0.6) is 11.5 Å². The summed E-state index contributed by atoms with van der Waals surface area (Å²) in [6.07, 6.45) is 0. The molecule has 5 nitrogen and oxygen atoms in total. The summed E-state index contributed by atoms with van der Waals surface area (Å²) in [4.78, 5) is 11.5. The van der Waals surface area contributed by atoms with Crippen LogP contribution in [-0.2, 0) is 0 Å². The number of phenols is 2. The van der Waals surface area contributed by atoms with Gasteiger partial charge in [-0.1, -0.05) is 0 Å². The predicted octanol–water partition coefficient (Wildman–Crippen LogP) is 0.208. The number of hydrogen-bond acceptors (Lipinski definition) is 4. The number of aromatic hydroxyl groups is 2. The molecule has 4 N–H and O–H groups in total. The summed E-state index contributed by atoms with van der Waals surface area (Å²) in [5.41, 5.74) is -0.0182. The fourth-order valence-electron chi connectivity index (χ4n) is 1.05. The molecular weight excluding hydrogens is 198 g/mol. The zero-order chi connectivity index (χ0) is 11.4. The SMILES string of the molecule is C[C@@H](CO)NC(=O)c1cc(O)ccc1O. The van der Waals surface area contributed by atoms with Gasteiger partial charge in [-0.2, -0.15) is 0 Å². The van der Waals surface area contributed by atoms with Crippen molar-refractivity contribution >= 4 is 5.91 Å². The number of rotatable bonds is 3. The maximum absolute atomic E-state index is 11.5. The Morgan fingerprint density at radius 2 is 2.13 bits per heavy atom. The van der Waals surface area contributed by atoms with Crippen LogP contribution in [0.15, 0.2) is 18.2 Å². The lowest BCUT2D eigenvalue weighted by Gasteiger charge is -2.11. The fraction of sp³-hybridized carbons (Fsp3) is 0.300. The molecular formula is C10H13NO4. The Balaban J connectivity index is 2.86. The van der Waals surface area contributed by atoms with Crippen molar-refractivity contribution in [2.45, 2.75) is 13.0 Å². The van der Waals surface area contributed by atoms with Gasteiger partial charge in [0.25, 0.3) is 5.91 Å². The molecule has 0 spiro atoms. The largest absolute Gasteiger partial charge is 0.508 e. The number of benzene rings is 1. The minimum atomic E-state index is -0.537. The lowest BCUT2D eigenvalue weighted by molar-refractivity contribution is 0.0919. The quantitative estimate of drug-likeness (QED) is 0.538. The molecule has 0 aliphatic rings. The van der Waals surface area contributed by atoms with Gasteiger partial charge in [0, 0.05) is 6.04 Å². The molecule has 0 aromatic heterocycles. The Morgan fingerprint density at radius 1 is 1.47 bits per heavy atom. The number of carbonyl (C=O) groups is 1. The van der Waals surface area contributed by atoms with Crippen molar-refractivity contribution in [2.75, 3.05) is 6.61 Å². The molecule has 1 atom stereocenters. The predicted molar refractivity (Wildman–Crippen MR) is 53.8 cm³/mol. The fourth-order valence-corrected chi connectivity index (χ4v) is 1.05. The monoisotopic (exact) mass is 211 g/mol. The number of aliphatic hydroxyl groups excluding tert-OH is 1. The van der Waals surface area contributed by atoms with E-state index in [2.05, 4.69) is 5.32 Å². The van der Waals surface area contributed by atoms with Crippen LogP contribution in [0.4, 0.5) is 0 Å². The Kier molecular flexibility index (Phi) is 3.51. The average molecular weight is 211 g/mol. The second kappa shape index (κ2) is 4.65. The minimum absolute atomic E-state index is 0.0182. The van der Waals surface area contributed by atoms with Crippen LogP contribution in [0, 0.1) is 0 Å². The smallest absolute Gasteiger partial charge is 0.255 e. The number of amides is 1. The topological polar surface area (TPSA) is 89.8 Å². The summed E-state index contributed by atoms with van der Waals surface area (Å²) in [6, 6.07) is 3.27. The minimum Gasteiger partial charge on any atom is -0.508 e. The van der Waals surface area contributed by atoms with E-state index < -0.39 is 11.9 Å². The molecule has 0 radical (unpaired) electrons. The van der Waals surface area contributed by atoms with E-state index in [-0.39, 0.29) is 23.7 Å². The highest BCUT2D eigenvalue weighted by Crippen LogP contribution is 2.21. The van der Waals surface area contributed by atoms with Crippen LogP contribution < -0.4 is 5.32 Å². The molecule has 0 unspecified atom stereocenters. The summed E-state index contributed by atoms with van der Waals surface area (Å²) in [5.74, 6) is -0.852. The summed E-state index contributed by atoms with van der Waals surface area (Å²) in [7, 11) is 0. The van der Waals surface area contributed by atoms with Crippen molar-refractivity contribution in [2.24, 2.45) is 0 Å².